The summed E-state index contributed by atoms with van der Waals surface area (Å²) in [5.41, 5.74) is 1.49. The van der Waals surface area contributed by atoms with Crippen molar-refractivity contribution in [1.29, 1.82) is 0 Å². The van der Waals surface area contributed by atoms with Gasteiger partial charge in [-0.05, 0) is 70.8 Å². The Labute approximate surface area is 164 Å². The molecule has 1 saturated heterocycles. The molecule has 0 bridgehead atoms. The molecule has 2 aliphatic rings. The molecule has 1 heterocycles. The van der Waals surface area contributed by atoms with Crippen LogP contribution in [-0.4, -0.2) is 29.3 Å². The first-order valence-corrected chi connectivity index (χ1v) is 9.35. The Hall–Kier alpha value is -2.42. The Kier molecular flexibility index (Phi) is 4.18. The van der Waals surface area contributed by atoms with Crippen molar-refractivity contribution in [2.24, 2.45) is 0 Å². The summed E-state index contributed by atoms with van der Waals surface area (Å²) in [6, 6.07) is 14.4. The molecule has 132 valence electrons. The molecule has 4 rings (SSSR count). The van der Waals surface area contributed by atoms with Crippen LogP contribution in [0.5, 0.6) is 0 Å². The summed E-state index contributed by atoms with van der Waals surface area (Å²) in [7, 11) is 0. The number of amides is 4. The van der Waals surface area contributed by atoms with Gasteiger partial charge >= 0.3 is 6.03 Å². The van der Waals surface area contributed by atoms with Crippen LogP contribution in [0.2, 0.25) is 0 Å². The molecule has 6 nitrogen and oxygen atoms in total. The Morgan fingerprint density at radius 1 is 1.15 bits per heavy atom. The van der Waals surface area contributed by atoms with Crippen LogP contribution in [0.4, 0.5) is 10.5 Å². The number of hydrogen-bond acceptors (Lipinski definition) is 3. The van der Waals surface area contributed by atoms with Crippen LogP contribution in [0.3, 0.4) is 0 Å². The van der Waals surface area contributed by atoms with Gasteiger partial charge in [0.2, 0.25) is 5.91 Å². The highest BCUT2D eigenvalue weighted by molar-refractivity contribution is 14.1. The van der Waals surface area contributed by atoms with Gasteiger partial charge in [-0.2, -0.15) is 0 Å². The van der Waals surface area contributed by atoms with E-state index in [1.54, 1.807) is 12.1 Å². The van der Waals surface area contributed by atoms with Gasteiger partial charge in [-0.3, -0.25) is 14.5 Å². The molecule has 1 spiro atoms. The molecule has 1 atom stereocenters. The fraction of sp³-hybridized carbons (Fsp3) is 0.211. The lowest BCUT2D eigenvalue weighted by molar-refractivity contribution is -0.134. The molecule has 0 radical (unpaired) electrons. The third-order valence-corrected chi connectivity index (χ3v) is 5.57. The Bertz CT molecular complexity index is 913. The molecular weight excluding hydrogens is 445 g/mol. The molecule has 1 fully saturated rings. The van der Waals surface area contributed by atoms with Crippen LogP contribution >= 0.6 is 22.6 Å². The largest absolute Gasteiger partial charge is 0.325 e. The van der Waals surface area contributed by atoms with Gasteiger partial charge in [-0.1, -0.05) is 24.3 Å². The summed E-state index contributed by atoms with van der Waals surface area (Å²) >= 11 is 2.18. The fourth-order valence-corrected chi connectivity index (χ4v) is 3.97. The van der Waals surface area contributed by atoms with Crippen LogP contribution in [-0.2, 0) is 21.5 Å². The van der Waals surface area contributed by atoms with Crippen LogP contribution in [0.1, 0.15) is 17.5 Å². The van der Waals surface area contributed by atoms with Gasteiger partial charge in [-0.15, -0.1) is 0 Å². The number of carbonyl (C=O) groups excluding carboxylic acids is 3. The van der Waals surface area contributed by atoms with Crippen molar-refractivity contribution in [3.05, 3.63) is 63.2 Å². The zero-order valence-corrected chi connectivity index (χ0v) is 15.9. The lowest BCUT2D eigenvalue weighted by atomic mass is 9.92. The average molecular weight is 461 g/mol. The van der Waals surface area contributed by atoms with Gasteiger partial charge in [0.1, 0.15) is 12.1 Å². The van der Waals surface area contributed by atoms with E-state index in [1.807, 2.05) is 36.4 Å². The van der Waals surface area contributed by atoms with Crippen molar-refractivity contribution in [2.45, 2.75) is 18.4 Å². The number of benzene rings is 2. The number of hydrogen-bond donors (Lipinski definition) is 2. The summed E-state index contributed by atoms with van der Waals surface area (Å²) in [5.74, 6) is -0.761. The smallest absolute Gasteiger partial charge is 0.325 e. The SMILES string of the molecule is O=C(CN1C(=O)N[C@]2(CCc3ccccc32)C1=O)Nc1ccc(I)cc1. The number of nitrogens with zero attached hydrogens (tertiary/aromatic N) is 1. The summed E-state index contributed by atoms with van der Waals surface area (Å²) in [5, 5.41) is 5.54. The van der Waals surface area contributed by atoms with E-state index in [0.717, 1.165) is 26.0 Å². The number of nitrogens with one attached hydrogen (secondary N) is 2. The zero-order valence-electron chi connectivity index (χ0n) is 13.8. The first-order chi connectivity index (χ1) is 12.5. The third kappa shape index (κ3) is 2.76. The van der Waals surface area contributed by atoms with E-state index in [4.69, 9.17) is 0 Å². The second kappa shape index (κ2) is 6.39. The maximum atomic E-state index is 13.0. The normalized spacial score (nSPS) is 21.0. The number of halogens is 1. The van der Waals surface area contributed by atoms with Crippen LogP contribution in [0.15, 0.2) is 48.5 Å². The summed E-state index contributed by atoms with van der Waals surface area (Å²) in [6.07, 6.45) is 1.25. The Morgan fingerprint density at radius 3 is 2.65 bits per heavy atom. The van der Waals surface area contributed by atoms with Gasteiger partial charge < -0.3 is 10.6 Å². The van der Waals surface area contributed by atoms with Crippen molar-refractivity contribution in [3.8, 4) is 0 Å². The predicted octanol–water partition coefficient (Wildman–Crippen LogP) is 2.62. The molecule has 0 aromatic heterocycles. The predicted molar refractivity (Wildman–Crippen MR) is 104 cm³/mol. The topological polar surface area (TPSA) is 78.5 Å². The molecule has 26 heavy (non-hydrogen) atoms. The highest BCUT2D eigenvalue weighted by Gasteiger charge is 2.55. The first kappa shape index (κ1) is 17.0. The van der Waals surface area contributed by atoms with Gasteiger partial charge in [0, 0.05) is 9.26 Å². The summed E-state index contributed by atoms with van der Waals surface area (Å²) in [6.45, 7) is -0.305. The average Bonchev–Trinajstić information content (AvgIpc) is 3.11. The maximum Gasteiger partial charge on any atom is 0.325 e. The number of carbonyl (C=O) groups is 3. The number of imide groups is 1. The highest BCUT2D eigenvalue weighted by Crippen LogP contribution is 2.41. The molecule has 2 aromatic carbocycles. The number of aryl methyl sites for hydroxylation is 1. The molecule has 7 heteroatoms. The lowest BCUT2D eigenvalue weighted by Gasteiger charge is -2.22. The lowest BCUT2D eigenvalue weighted by Crippen LogP contribution is -2.42. The van der Waals surface area contributed by atoms with Crippen molar-refractivity contribution in [2.75, 3.05) is 11.9 Å². The minimum absolute atomic E-state index is 0.305. The van der Waals surface area contributed by atoms with Crippen molar-refractivity contribution < 1.29 is 14.4 Å². The second-order valence-electron chi connectivity index (χ2n) is 6.44. The second-order valence-corrected chi connectivity index (χ2v) is 7.68. The molecule has 4 amide bonds. The minimum atomic E-state index is -1.03. The van der Waals surface area contributed by atoms with Crippen LogP contribution in [0, 0.1) is 3.57 Å². The molecule has 1 aliphatic heterocycles. The first-order valence-electron chi connectivity index (χ1n) is 8.27. The van der Waals surface area contributed by atoms with Gasteiger partial charge in [0.15, 0.2) is 0 Å². The maximum absolute atomic E-state index is 13.0. The van der Waals surface area contributed by atoms with E-state index in [-0.39, 0.29) is 12.5 Å². The minimum Gasteiger partial charge on any atom is -0.325 e. The number of fused-ring (bicyclic) bond motifs is 2. The molecule has 2 aromatic rings. The van der Waals surface area contributed by atoms with Crippen LogP contribution in [0.25, 0.3) is 0 Å². The number of rotatable bonds is 3. The van der Waals surface area contributed by atoms with Gasteiger partial charge in [0.25, 0.3) is 5.91 Å². The Balaban J connectivity index is 1.52. The Morgan fingerprint density at radius 2 is 1.88 bits per heavy atom. The zero-order chi connectivity index (χ0) is 18.3. The van der Waals surface area contributed by atoms with Crippen LogP contribution < -0.4 is 10.6 Å². The highest BCUT2D eigenvalue weighted by atomic mass is 127. The third-order valence-electron chi connectivity index (χ3n) is 4.85. The standard InChI is InChI=1S/C19H16IN3O3/c20-13-5-7-14(8-6-13)21-16(24)11-23-17(25)19(22-18(23)26)10-9-12-3-1-2-4-15(12)19/h1-8H,9-11H2,(H,21,24)(H,22,26)/t19-/m0/s1. The molecule has 0 unspecified atom stereocenters. The number of urea groups is 1. The van der Waals surface area contributed by atoms with E-state index in [9.17, 15) is 14.4 Å². The summed E-state index contributed by atoms with van der Waals surface area (Å²) in [4.78, 5) is 38.7. The summed E-state index contributed by atoms with van der Waals surface area (Å²) < 4.78 is 1.05. The van der Waals surface area contributed by atoms with E-state index in [1.165, 1.54) is 0 Å². The molecule has 0 saturated carbocycles. The monoisotopic (exact) mass is 461 g/mol. The van der Waals surface area contributed by atoms with Crippen molar-refractivity contribution >= 4 is 46.1 Å². The number of anilines is 1. The quantitative estimate of drug-likeness (QED) is 0.545. The van der Waals surface area contributed by atoms with E-state index >= 15 is 0 Å². The fourth-order valence-electron chi connectivity index (χ4n) is 3.61. The van der Waals surface area contributed by atoms with Gasteiger partial charge in [-0.25, -0.2) is 4.79 Å². The van der Waals surface area contributed by atoms with E-state index in [2.05, 4.69) is 33.2 Å². The molecule has 2 N–H and O–H groups in total. The molecular formula is C19H16IN3O3. The van der Waals surface area contributed by atoms with E-state index < -0.39 is 17.5 Å². The van der Waals surface area contributed by atoms with Crippen molar-refractivity contribution in [1.82, 2.24) is 10.2 Å². The van der Waals surface area contributed by atoms with Crippen molar-refractivity contribution in [3.63, 3.8) is 0 Å². The van der Waals surface area contributed by atoms with Gasteiger partial charge in [0.05, 0.1) is 0 Å². The molecule has 1 aliphatic carbocycles. The van der Waals surface area contributed by atoms with E-state index in [0.29, 0.717) is 12.1 Å².